The van der Waals surface area contributed by atoms with Gasteiger partial charge >= 0.3 is 6.18 Å². The van der Waals surface area contributed by atoms with Gasteiger partial charge in [0.25, 0.3) is 0 Å². The van der Waals surface area contributed by atoms with Crippen LogP contribution in [-0.4, -0.2) is 39.2 Å². The SMILES string of the molecule is O=C(c1c(F)ccc(NSCCC(F)(F)F)c1F)c1c[nH]c2ncnc(NCC3CC3)c12. The summed E-state index contributed by atoms with van der Waals surface area (Å²) < 4.78 is 68.7. The molecule has 1 saturated carbocycles. The van der Waals surface area contributed by atoms with E-state index in [2.05, 4.69) is 25.0 Å². The number of rotatable bonds is 9. The summed E-state index contributed by atoms with van der Waals surface area (Å²) in [5.74, 6) is -2.68. The summed E-state index contributed by atoms with van der Waals surface area (Å²) in [5, 5.41) is 3.47. The summed E-state index contributed by atoms with van der Waals surface area (Å²) in [6.45, 7) is 0.655. The molecule has 3 N–H and O–H groups in total. The van der Waals surface area contributed by atoms with E-state index in [1.165, 1.54) is 12.5 Å². The molecule has 2 heterocycles. The third-order valence-corrected chi connectivity index (χ3v) is 5.73. The Morgan fingerprint density at radius 1 is 1.22 bits per heavy atom. The Morgan fingerprint density at radius 2 is 2.00 bits per heavy atom. The van der Waals surface area contributed by atoms with Crippen molar-refractivity contribution in [2.24, 2.45) is 5.92 Å². The van der Waals surface area contributed by atoms with Gasteiger partial charge in [0.2, 0.25) is 5.78 Å². The molecule has 170 valence electrons. The number of alkyl halides is 3. The number of nitrogens with zero attached hydrogens (tertiary/aromatic N) is 2. The molecule has 3 aromatic rings. The maximum absolute atomic E-state index is 15.0. The minimum atomic E-state index is -4.35. The molecular weight excluding hydrogens is 453 g/mol. The van der Waals surface area contributed by atoms with Crippen LogP contribution in [0.15, 0.2) is 24.7 Å². The lowest BCUT2D eigenvalue weighted by Gasteiger charge is -2.12. The number of H-pyrrole nitrogens is 1. The highest BCUT2D eigenvalue weighted by Crippen LogP contribution is 2.32. The van der Waals surface area contributed by atoms with Crippen molar-refractivity contribution in [1.82, 2.24) is 15.0 Å². The van der Waals surface area contributed by atoms with Gasteiger partial charge in [0.1, 0.15) is 23.6 Å². The number of aromatic amines is 1. The number of ketones is 1. The van der Waals surface area contributed by atoms with Crippen molar-refractivity contribution in [2.75, 3.05) is 22.3 Å². The van der Waals surface area contributed by atoms with E-state index in [4.69, 9.17) is 0 Å². The predicted molar refractivity (Wildman–Crippen MR) is 112 cm³/mol. The highest BCUT2D eigenvalue weighted by Gasteiger charge is 2.28. The van der Waals surface area contributed by atoms with Crippen LogP contribution in [0, 0.1) is 17.6 Å². The number of halogens is 5. The van der Waals surface area contributed by atoms with Crippen LogP contribution >= 0.6 is 11.9 Å². The van der Waals surface area contributed by atoms with Crippen LogP contribution in [0.25, 0.3) is 11.0 Å². The van der Waals surface area contributed by atoms with Gasteiger partial charge in [0.15, 0.2) is 5.82 Å². The molecule has 1 aliphatic rings. The number of hydrogen-bond acceptors (Lipinski definition) is 6. The second-order valence-electron chi connectivity index (χ2n) is 7.40. The zero-order chi connectivity index (χ0) is 22.9. The number of benzene rings is 1. The molecule has 32 heavy (non-hydrogen) atoms. The Balaban J connectivity index is 1.61. The van der Waals surface area contributed by atoms with Crippen molar-refractivity contribution in [3.63, 3.8) is 0 Å². The van der Waals surface area contributed by atoms with Gasteiger partial charge in [-0.25, -0.2) is 18.7 Å². The molecule has 0 amide bonds. The van der Waals surface area contributed by atoms with E-state index in [-0.39, 0.29) is 17.0 Å². The Labute approximate surface area is 183 Å². The maximum atomic E-state index is 15.0. The fourth-order valence-electron chi connectivity index (χ4n) is 3.11. The summed E-state index contributed by atoms with van der Waals surface area (Å²) in [5.41, 5.74) is -0.785. The lowest BCUT2D eigenvalue weighted by molar-refractivity contribution is -0.129. The fraction of sp³-hybridized carbons (Fsp3) is 0.350. The molecule has 0 atom stereocenters. The maximum Gasteiger partial charge on any atom is 0.389 e. The molecule has 0 radical (unpaired) electrons. The summed E-state index contributed by atoms with van der Waals surface area (Å²) in [4.78, 5) is 24.1. The van der Waals surface area contributed by atoms with Crippen molar-refractivity contribution >= 4 is 40.3 Å². The third-order valence-electron chi connectivity index (χ3n) is 4.96. The summed E-state index contributed by atoms with van der Waals surface area (Å²) in [6.07, 6.45) is -0.618. The van der Waals surface area contributed by atoms with E-state index < -0.39 is 35.6 Å². The standard InChI is InChI=1S/C20H18F5N5OS/c21-12-3-4-13(30-32-6-5-20(23,24)25)16(22)15(12)17(31)11-8-27-19-14(11)18(28-9-29-19)26-7-10-1-2-10/h3-4,8-10,30H,1-2,5-7H2,(H2,26,27,28,29). The monoisotopic (exact) mass is 471 g/mol. The minimum absolute atomic E-state index is 0.0152. The second-order valence-corrected chi connectivity index (χ2v) is 8.30. The zero-order valence-electron chi connectivity index (χ0n) is 16.5. The van der Waals surface area contributed by atoms with Gasteiger partial charge in [0.05, 0.1) is 28.6 Å². The highest BCUT2D eigenvalue weighted by atomic mass is 32.2. The Morgan fingerprint density at radius 3 is 2.72 bits per heavy atom. The first-order chi connectivity index (χ1) is 15.2. The van der Waals surface area contributed by atoms with Crippen LogP contribution in [-0.2, 0) is 0 Å². The molecule has 2 aromatic heterocycles. The number of hydrogen-bond donors (Lipinski definition) is 3. The Hall–Kier alpha value is -2.89. The zero-order valence-corrected chi connectivity index (χ0v) is 17.3. The number of carbonyl (C=O) groups excluding carboxylic acids is 1. The number of anilines is 2. The summed E-state index contributed by atoms with van der Waals surface area (Å²) >= 11 is 0.611. The van der Waals surface area contributed by atoms with Gasteiger partial charge in [-0.1, -0.05) is 11.9 Å². The van der Waals surface area contributed by atoms with Crippen molar-refractivity contribution in [2.45, 2.75) is 25.4 Å². The molecular formula is C20H18F5N5OS. The first-order valence-corrected chi connectivity index (χ1v) is 10.8. The van der Waals surface area contributed by atoms with Crippen LogP contribution in [0.3, 0.4) is 0 Å². The number of carbonyl (C=O) groups is 1. The lowest BCUT2D eigenvalue weighted by Crippen LogP contribution is -2.11. The molecule has 0 bridgehead atoms. The fourth-order valence-corrected chi connectivity index (χ4v) is 3.86. The van der Waals surface area contributed by atoms with Gasteiger partial charge in [-0.3, -0.25) is 4.79 Å². The normalized spacial score (nSPS) is 14.0. The third kappa shape index (κ3) is 4.95. The molecule has 0 aliphatic heterocycles. The molecule has 0 saturated heterocycles. The van der Waals surface area contributed by atoms with Crippen molar-refractivity contribution < 1.29 is 26.7 Å². The molecule has 0 spiro atoms. The lowest BCUT2D eigenvalue weighted by atomic mass is 10.0. The first kappa shape index (κ1) is 22.3. The molecule has 6 nitrogen and oxygen atoms in total. The van der Waals surface area contributed by atoms with Crippen molar-refractivity contribution in [3.8, 4) is 0 Å². The molecule has 1 aromatic carbocycles. The molecule has 1 fully saturated rings. The van der Waals surface area contributed by atoms with E-state index in [1.54, 1.807) is 0 Å². The largest absolute Gasteiger partial charge is 0.389 e. The van der Waals surface area contributed by atoms with Gasteiger partial charge in [-0.05, 0) is 30.9 Å². The average molecular weight is 471 g/mol. The van der Waals surface area contributed by atoms with Crippen LogP contribution in [0.5, 0.6) is 0 Å². The van der Waals surface area contributed by atoms with Crippen LogP contribution in [0.1, 0.15) is 35.2 Å². The van der Waals surface area contributed by atoms with Crippen LogP contribution < -0.4 is 10.0 Å². The Bertz CT molecular complexity index is 1150. The first-order valence-electron chi connectivity index (χ1n) is 9.78. The van der Waals surface area contributed by atoms with Crippen LogP contribution in [0.4, 0.5) is 33.5 Å². The van der Waals surface area contributed by atoms with Crippen molar-refractivity contribution in [1.29, 1.82) is 0 Å². The van der Waals surface area contributed by atoms with E-state index in [9.17, 15) is 26.7 Å². The smallest absolute Gasteiger partial charge is 0.369 e. The number of aromatic nitrogens is 3. The number of nitrogens with one attached hydrogen (secondary N) is 3. The highest BCUT2D eigenvalue weighted by molar-refractivity contribution is 8.00. The van der Waals surface area contributed by atoms with Gasteiger partial charge < -0.3 is 15.0 Å². The molecule has 0 unspecified atom stereocenters. The Kier molecular flexibility index (Phi) is 6.22. The summed E-state index contributed by atoms with van der Waals surface area (Å²) in [6, 6.07) is 1.92. The van der Waals surface area contributed by atoms with E-state index in [0.29, 0.717) is 41.3 Å². The van der Waals surface area contributed by atoms with E-state index in [1.807, 2.05) is 0 Å². The van der Waals surface area contributed by atoms with E-state index in [0.717, 1.165) is 25.0 Å². The predicted octanol–water partition coefficient (Wildman–Crippen LogP) is 5.30. The van der Waals surface area contributed by atoms with Gasteiger partial charge in [-0.15, -0.1) is 0 Å². The van der Waals surface area contributed by atoms with Gasteiger partial charge in [-0.2, -0.15) is 13.2 Å². The second kappa shape index (κ2) is 8.93. The summed E-state index contributed by atoms with van der Waals surface area (Å²) in [7, 11) is 0. The molecule has 12 heteroatoms. The van der Waals surface area contributed by atoms with Gasteiger partial charge in [0, 0.05) is 18.5 Å². The van der Waals surface area contributed by atoms with E-state index >= 15 is 0 Å². The van der Waals surface area contributed by atoms with Crippen molar-refractivity contribution in [3.05, 3.63) is 47.4 Å². The van der Waals surface area contributed by atoms with Crippen LogP contribution in [0.2, 0.25) is 0 Å². The molecule has 4 rings (SSSR count). The minimum Gasteiger partial charge on any atom is -0.369 e. The average Bonchev–Trinajstić information content (AvgIpc) is 3.46. The quantitative estimate of drug-likeness (QED) is 0.170. The number of fused-ring (bicyclic) bond motifs is 1. The molecule has 1 aliphatic carbocycles. The topological polar surface area (TPSA) is 82.7 Å².